The predicted octanol–water partition coefficient (Wildman–Crippen LogP) is 7.01. The highest BCUT2D eigenvalue weighted by Gasteiger charge is 2.52. The predicted molar refractivity (Wildman–Crippen MR) is 201 cm³/mol. The average molecular weight is 707 g/mol. The second kappa shape index (κ2) is 15.8. The molecule has 3 aromatic carbocycles. The number of rotatable bonds is 14. The largest absolute Gasteiger partial charge is 0.408 e. The molecular weight excluding hydrogens is 649 g/mol. The molecule has 1 N–H and O–H groups in total. The second-order valence-electron chi connectivity index (χ2n) is 16.2. The zero-order chi connectivity index (χ0) is 36.1. The summed E-state index contributed by atoms with van der Waals surface area (Å²) in [5.74, 6) is -1.48. The molecule has 3 aromatic rings. The molecule has 1 aliphatic heterocycles. The van der Waals surface area contributed by atoms with E-state index < -0.39 is 46.8 Å². The summed E-state index contributed by atoms with van der Waals surface area (Å²) in [6, 6.07) is 30.7. The lowest BCUT2D eigenvalue weighted by Crippen LogP contribution is -2.66. The van der Waals surface area contributed by atoms with Gasteiger partial charge in [-0.05, 0) is 59.4 Å². The lowest BCUT2D eigenvalue weighted by atomic mass is 9.97. The van der Waals surface area contributed by atoms with Gasteiger partial charge < -0.3 is 28.2 Å². The zero-order valence-electron chi connectivity index (χ0n) is 31.2. The molecule has 4 atom stereocenters. The molecule has 49 heavy (non-hydrogen) atoms. The van der Waals surface area contributed by atoms with Crippen molar-refractivity contribution in [2.45, 2.75) is 122 Å². The van der Waals surface area contributed by atoms with Crippen molar-refractivity contribution in [3.63, 3.8) is 0 Å². The van der Waals surface area contributed by atoms with Gasteiger partial charge in [0, 0.05) is 6.61 Å². The van der Waals surface area contributed by atoms with Crippen molar-refractivity contribution in [1.29, 1.82) is 0 Å². The molecule has 0 amide bonds. The van der Waals surface area contributed by atoms with Crippen LogP contribution in [-0.4, -0.2) is 70.9 Å². The van der Waals surface area contributed by atoms with Crippen LogP contribution in [0.25, 0.3) is 0 Å². The van der Waals surface area contributed by atoms with Crippen molar-refractivity contribution in [2.75, 3.05) is 13.2 Å². The Balaban J connectivity index is 1.57. The Labute approximate surface area is 296 Å². The smallest absolute Gasteiger partial charge is 0.261 e. The number of benzene rings is 3. The Morgan fingerprint density at radius 3 is 1.76 bits per heavy atom. The number of hydrogen-bond donors (Lipinski definition) is 1. The number of carbonyl (C=O) groups excluding carboxylic acids is 1. The molecule has 7 nitrogen and oxygen atoms in total. The Hall–Kier alpha value is -2.48. The first-order valence-electron chi connectivity index (χ1n) is 17.5. The van der Waals surface area contributed by atoms with Gasteiger partial charge in [0.05, 0.1) is 19.3 Å². The number of carbonyl (C=O) groups is 1. The molecular formula is C40H58O7Si2. The van der Waals surface area contributed by atoms with Crippen LogP contribution in [0.2, 0.25) is 23.2 Å². The molecule has 1 saturated heterocycles. The highest BCUT2D eigenvalue weighted by molar-refractivity contribution is 6.99. The normalized spacial score (nSPS) is 20.2. The summed E-state index contributed by atoms with van der Waals surface area (Å²) in [7, 11) is -5.19. The van der Waals surface area contributed by atoms with Crippen molar-refractivity contribution in [3.8, 4) is 0 Å². The Morgan fingerprint density at radius 1 is 0.776 bits per heavy atom. The van der Waals surface area contributed by atoms with Crippen molar-refractivity contribution in [3.05, 3.63) is 96.6 Å². The molecule has 268 valence electrons. The molecule has 0 aliphatic carbocycles. The second-order valence-corrected chi connectivity index (χ2v) is 25.2. The summed E-state index contributed by atoms with van der Waals surface area (Å²) in [6.07, 6.45) is -3.68. The fraction of sp³-hybridized carbons (Fsp3) is 0.525. The van der Waals surface area contributed by atoms with E-state index in [1.807, 2.05) is 66.7 Å². The molecule has 0 saturated carbocycles. The summed E-state index contributed by atoms with van der Waals surface area (Å²) in [6.45, 7) is 21.8. The first-order chi connectivity index (χ1) is 22.9. The Bertz CT molecular complexity index is 1430. The van der Waals surface area contributed by atoms with Crippen molar-refractivity contribution in [1.82, 2.24) is 0 Å². The molecule has 0 spiro atoms. The van der Waals surface area contributed by atoms with Gasteiger partial charge in [0.25, 0.3) is 8.32 Å². The minimum absolute atomic E-state index is 0.106. The van der Waals surface area contributed by atoms with Gasteiger partial charge in [0.2, 0.25) is 0 Å². The van der Waals surface area contributed by atoms with E-state index in [1.54, 1.807) is 13.8 Å². The fourth-order valence-corrected chi connectivity index (χ4v) is 12.2. The van der Waals surface area contributed by atoms with E-state index in [4.69, 9.17) is 23.1 Å². The molecule has 0 unspecified atom stereocenters. The van der Waals surface area contributed by atoms with Crippen molar-refractivity contribution < 1.29 is 33.0 Å². The SMILES string of the molecule is CC1(C)O[C@H]([C@H](O)CCO[Si](c2ccccc2)(c2ccccc2)C(C)(C)C)C(=O)[C@@H]([C@@H](COCc2ccccc2)O[Si](C)(C)C(C)(C)C)O1. The van der Waals surface area contributed by atoms with Gasteiger partial charge in [-0.15, -0.1) is 0 Å². The number of ketones is 1. The molecule has 0 radical (unpaired) electrons. The first-order valence-corrected chi connectivity index (χ1v) is 22.3. The van der Waals surface area contributed by atoms with Crippen LogP contribution in [0, 0.1) is 0 Å². The molecule has 0 aromatic heterocycles. The summed E-state index contributed by atoms with van der Waals surface area (Å²) in [5.41, 5.74) is 1.03. The van der Waals surface area contributed by atoms with Crippen LogP contribution in [0.15, 0.2) is 91.0 Å². The molecule has 0 bridgehead atoms. The fourth-order valence-electron chi connectivity index (χ4n) is 6.30. The first kappa shape index (κ1) is 39.3. The Kier molecular flexibility index (Phi) is 12.7. The van der Waals surface area contributed by atoms with E-state index in [0.29, 0.717) is 6.61 Å². The van der Waals surface area contributed by atoms with Crippen LogP contribution in [0.1, 0.15) is 67.4 Å². The number of Topliss-reactive ketones (excluding diaryl/α,β-unsaturated/α-hetero) is 1. The number of aliphatic hydroxyl groups excluding tert-OH is 1. The van der Waals surface area contributed by atoms with Crippen molar-refractivity contribution >= 4 is 32.8 Å². The van der Waals surface area contributed by atoms with Crippen LogP contribution in [0.3, 0.4) is 0 Å². The van der Waals surface area contributed by atoms with Crippen LogP contribution in [0.4, 0.5) is 0 Å². The van der Waals surface area contributed by atoms with Gasteiger partial charge in [0.1, 0.15) is 18.3 Å². The minimum Gasteiger partial charge on any atom is -0.408 e. The van der Waals surface area contributed by atoms with Gasteiger partial charge in [-0.2, -0.15) is 0 Å². The highest BCUT2D eigenvalue weighted by Crippen LogP contribution is 2.40. The molecule has 1 heterocycles. The third-order valence-corrected chi connectivity index (χ3v) is 19.4. The maximum absolute atomic E-state index is 14.3. The van der Waals surface area contributed by atoms with E-state index in [2.05, 4.69) is 78.9 Å². The van der Waals surface area contributed by atoms with Crippen LogP contribution < -0.4 is 10.4 Å². The standard InChI is InChI=1S/C40H58O7Si2/c1-38(2,3)48(9,10)47-34(29-43-28-30-20-14-11-15-21-30)37-35(42)36(45-40(7,8)46-37)33(41)26-27-44-49(39(4,5)6,31-22-16-12-17-23-31)32-24-18-13-19-25-32/h11-25,33-34,36-37,41H,26-29H2,1-10H3/t33-,34-,36-,37-/m1/s1. The zero-order valence-corrected chi connectivity index (χ0v) is 33.2. The van der Waals surface area contributed by atoms with Crippen molar-refractivity contribution in [2.24, 2.45) is 0 Å². The summed E-state index contributed by atoms with van der Waals surface area (Å²) >= 11 is 0. The van der Waals surface area contributed by atoms with Crippen LogP contribution in [-0.2, 0) is 34.5 Å². The maximum atomic E-state index is 14.3. The molecule has 1 aliphatic rings. The summed E-state index contributed by atoms with van der Waals surface area (Å²) in [4.78, 5) is 14.3. The third kappa shape index (κ3) is 9.45. The molecule has 1 fully saturated rings. The quantitative estimate of drug-likeness (QED) is 0.181. The van der Waals surface area contributed by atoms with Crippen LogP contribution >= 0.6 is 0 Å². The summed E-state index contributed by atoms with van der Waals surface area (Å²) in [5, 5.41) is 13.7. The van der Waals surface area contributed by atoms with Crippen LogP contribution in [0.5, 0.6) is 0 Å². The number of hydrogen-bond acceptors (Lipinski definition) is 7. The van der Waals surface area contributed by atoms with Gasteiger partial charge in [0.15, 0.2) is 19.9 Å². The maximum Gasteiger partial charge on any atom is 0.261 e. The highest BCUT2D eigenvalue weighted by atomic mass is 28.4. The number of aliphatic hydroxyl groups is 1. The average Bonchev–Trinajstić information content (AvgIpc) is 3.03. The Morgan fingerprint density at radius 2 is 1.27 bits per heavy atom. The van der Waals surface area contributed by atoms with E-state index in [1.165, 1.54) is 0 Å². The van der Waals surface area contributed by atoms with E-state index in [0.717, 1.165) is 15.9 Å². The van der Waals surface area contributed by atoms with Gasteiger partial charge in [-0.25, -0.2) is 0 Å². The minimum atomic E-state index is -2.82. The third-order valence-electron chi connectivity index (χ3n) is 9.86. The van der Waals surface area contributed by atoms with E-state index >= 15 is 0 Å². The van der Waals surface area contributed by atoms with E-state index in [-0.39, 0.29) is 35.5 Å². The number of ether oxygens (including phenoxy) is 3. The lowest BCUT2D eigenvalue weighted by Gasteiger charge is -2.46. The summed E-state index contributed by atoms with van der Waals surface area (Å²) < 4.78 is 32.5. The molecule has 4 rings (SSSR count). The van der Waals surface area contributed by atoms with Gasteiger partial charge >= 0.3 is 0 Å². The van der Waals surface area contributed by atoms with Gasteiger partial charge in [-0.3, -0.25) is 4.79 Å². The molecule has 9 heteroatoms. The van der Waals surface area contributed by atoms with E-state index in [9.17, 15) is 9.90 Å². The monoisotopic (exact) mass is 706 g/mol. The topological polar surface area (TPSA) is 83.5 Å². The lowest BCUT2D eigenvalue weighted by molar-refractivity contribution is -0.302. The van der Waals surface area contributed by atoms with Gasteiger partial charge in [-0.1, -0.05) is 133 Å².